The minimum absolute atomic E-state index is 0.368. The van der Waals surface area contributed by atoms with Gasteiger partial charge in [0, 0.05) is 15.8 Å². The van der Waals surface area contributed by atoms with Gasteiger partial charge in [-0.05, 0) is 18.2 Å². The first kappa shape index (κ1) is 11.0. The SMILES string of the molecule is C=Nc1scc(-c2cccs2)c1C(=O)OC. The smallest absolute Gasteiger partial charge is 0.341 e. The second kappa shape index (κ2) is 4.59. The molecule has 82 valence electrons. The molecule has 3 nitrogen and oxygen atoms in total. The number of rotatable bonds is 3. The highest BCUT2D eigenvalue weighted by Gasteiger charge is 2.20. The van der Waals surface area contributed by atoms with Crippen molar-refractivity contribution in [3.05, 3.63) is 28.5 Å². The van der Waals surface area contributed by atoms with Crippen LogP contribution in [0.4, 0.5) is 5.00 Å². The highest BCUT2D eigenvalue weighted by atomic mass is 32.1. The third-order valence-corrected chi connectivity index (χ3v) is 3.90. The molecule has 0 unspecified atom stereocenters. The van der Waals surface area contributed by atoms with Crippen LogP contribution < -0.4 is 0 Å². The van der Waals surface area contributed by atoms with E-state index < -0.39 is 0 Å². The van der Waals surface area contributed by atoms with Gasteiger partial charge in [-0.2, -0.15) is 0 Å². The van der Waals surface area contributed by atoms with Crippen LogP contribution >= 0.6 is 22.7 Å². The summed E-state index contributed by atoms with van der Waals surface area (Å²) in [5.74, 6) is -0.368. The molecule has 2 aromatic rings. The van der Waals surface area contributed by atoms with Gasteiger partial charge in [0.1, 0.15) is 10.6 Å². The van der Waals surface area contributed by atoms with Crippen LogP contribution in [-0.4, -0.2) is 19.8 Å². The van der Waals surface area contributed by atoms with E-state index in [0.29, 0.717) is 10.6 Å². The molecule has 16 heavy (non-hydrogen) atoms. The Morgan fingerprint density at radius 3 is 2.88 bits per heavy atom. The van der Waals surface area contributed by atoms with Crippen molar-refractivity contribution in [1.29, 1.82) is 0 Å². The summed E-state index contributed by atoms with van der Waals surface area (Å²) in [5, 5.41) is 4.48. The first-order valence-corrected chi connectivity index (χ1v) is 6.24. The highest BCUT2D eigenvalue weighted by molar-refractivity contribution is 7.16. The molecule has 0 spiro atoms. The third-order valence-electron chi connectivity index (χ3n) is 2.09. The van der Waals surface area contributed by atoms with Gasteiger partial charge >= 0.3 is 5.97 Å². The molecule has 5 heteroatoms. The average Bonchev–Trinajstić information content (AvgIpc) is 2.95. The van der Waals surface area contributed by atoms with Gasteiger partial charge in [0.25, 0.3) is 0 Å². The summed E-state index contributed by atoms with van der Waals surface area (Å²) in [4.78, 5) is 16.5. The molecule has 2 heterocycles. The van der Waals surface area contributed by atoms with E-state index in [1.165, 1.54) is 18.4 Å². The molecule has 0 aromatic carbocycles. The van der Waals surface area contributed by atoms with Gasteiger partial charge in [-0.15, -0.1) is 22.7 Å². The average molecular weight is 251 g/mol. The number of nitrogens with zero attached hydrogens (tertiary/aromatic N) is 1. The monoisotopic (exact) mass is 251 g/mol. The zero-order chi connectivity index (χ0) is 11.5. The van der Waals surface area contributed by atoms with Gasteiger partial charge in [0.2, 0.25) is 0 Å². The molecule has 0 N–H and O–H groups in total. The normalized spacial score (nSPS) is 10.1. The fraction of sp³-hybridized carbons (Fsp3) is 0.0909. The summed E-state index contributed by atoms with van der Waals surface area (Å²) in [6.45, 7) is 3.46. The van der Waals surface area contributed by atoms with Crippen molar-refractivity contribution in [2.24, 2.45) is 4.99 Å². The zero-order valence-corrected chi connectivity index (χ0v) is 10.2. The number of methoxy groups -OCH3 is 1. The Bertz CT molecular complexity index is 514. The van der Waals surface area contributed by atoms with Crippen molar-refractivity contribution < 1.29 is 9.53 Å². The molecule has 0 aliphatic rings. The molecule has 0 fully saturated rings. The van der Waals surface area contributed by atoms with Crippen molar-refractivity contribution in [2.45, 2.75) is 0 Å². The van der Waals surface area contributed by atoms with Crippen molar-refractivity contribution in [3.8, 4) is 10.4 Å². The molecule has 0 aliphatic carbocycles. The van der Waals surface area contributed by atoms with Gasteiger partial charge in [0.15, 0.2) is 0 Å². The molecule has 0 saturated carbocycles. The molecule has 0 atom stereocenters. The maximum absolute atomic E-state index is 11.7. The van der Waals surface area contributed by atoms with E-state index in [-0.39, 0.29) is 5.97 Å². The number of hydrogen-bond donors (Lipinski definition) is 0. The van der Waals surface area contributed by atoms with E-state index >= 15 is 0 Å². The highest BCUT2D eigenvalue weighted by Crippen LogP contribution is 2.39. The number of ether oxygens (including phenoxy) is 1. The van der Waals surface area contributed by atoms with Crippen molar-refractivity contribution in [2.75, 3.05) is 7.11 Å². The Labute approximate surface area is 101 Å². The topological polar surface area (TPSA) is 38.7 Å². The molecular weight excluding hydrogens is 242 g/mol. The van der Waals surface area contributed by atoms with Gasteiger partial charge in [-0.3, -0.25) is 4.99 Å². The van der Waals surface area contributed by atoms with Crippen molar-refractivity contribution in [3.63, 3.8) is 0 Å². The summed E-state index contributed by atoms with van der Waals surface area (Å²) in [6.07, 6.45) is 0. The summed E-state index contributed by atoms with van der Waals surface area (Å²) in [5.41, 5.74) is 1.37. The number of aliphatic imine (C=N–C) groups is 1. The van der Waals surface area contributed by atoms with Crippen LogP contribution in [0.5, 0.6) is 0 Å². The number of carbonyl (C=O) groups excluding carboxylic acids is 1. The molecule has 0 radical (unpaired) electrons. The van der Waals surface area contributed by atoms with Gasteiger partial charge in [-0.25, -0.2) is 4.79 Å². The maximum atomic E-state index is 11.7. The van der Waals surface area contributed by atoms with E-state index in [1.807, 2.05) is 22.9 Å². The van der Waals surface area contributed by atoms with Gasteiger partial charge in [0.05, 0.1) is 7.11 Å². The summed E-state index contributed by atoms with van der Waals surface area (Å²) >= 11 is 2.97. The lowest BCUT2D eigenvalue weighted by atomic mass is 10.1. The van der Waals surface area contributed by atoms with Crippen molar-refractivity contribution in [1.82, 2.24) is 0 Å². The molecule has 0 saturated heterocycles. The number of thiophene rings is 2. The quantitative estimate of drug-likeness (QED) is 0.617. The molecular formula is C11H9NO2S2. The van der Waals surface area contributed by atoms with Crippen LogP contribution in [0.3, 0.4) is 0 Å². The molecule has 0 aliphatic heterocycles. The van der Waals surface area contributed by atoms with Crippen LogP contribution in [0.1, 0.15) is 10.4 Å². The minimum atomic E-state index is -0.368. The van der Waals surface area contributed by atoms with Crippen LogP contribution in [-0.2, 0) is 4.74 Å². The fourth-order valence-corrected chi connectivity index (χ4v) is 3.06. The number of carbonyl (C=O) groups is 1. The van der Waals surface area contributed by atoms with E-state index in [9.17, 15) is 4.79 Å². The van der Waals surface area contributed by atoms with Crippen LogP contribution in [0.25, 0.3) is 10.4 Å². The Hall–Kier alpha value is -1.46. The van der Waals surface area contributed by atoms with E-state index in [0.717, 1.165) is 10.4 Å². The lowest BCUT2D eigenvalue weighted by Crippen LogP contribution is -2.01. The van der Waals surface area contributed by atoms with E-state index in [1.54, 1.807) is 11.3 Å². The predicted molar refractivity (Wildman–Crippen MR) is 68.2 cm³/mol. The number of esters is 1. The third kappa shape index (κ3) is 1.79. The van der Waals surface area contributed by atoms with Crippen LogP contribution in [0.2, 0.25) is 0 Å². The number of hydrogen-bond acceptors (Lipinski definition) is 5. The molecule has 2 aromatic heterocycles. The second-order valence-electron chi connectivity index (χ2n) is 2.96. The lowest BCUT2D eigenvalue weighted by molar-refractivity contribution is 0.0603. The van der Waals surface area contributed by atoms with Crippen LogP contribution in [0, 0.1) is 0 Å². The second-order valence-corrected chi connectivity index (χ2v) is 4.76. The zero-order valence-electron chi connectivity index (χ0n) is 8.60. The first-order chi connectivity index (χ1) is 7.77. The van der Waals surface area contributed by atoms with Crippen molar-refractivity contribution >= 4 is 40.4 Å². The van der Waals surface area contributed by atoms with Crippen LogP contribution in [0.15, 0.2) is 27.9 Å². The standard InChI is InChI=1S/C11H9NO2S2/c1-12-10-9(11(13)14-2)7(6-16-10)8-4-3-5-15-8/h3-6H,1H2,2H3. The Balaban J connectivity index is 2.58. The molecule has 0 bridgehead atoms. The lowest BCUT2D eigenvalue weighted by Gasteiger charge is -2.01. The first-order valence-electron chi connectivity index (χ1n) is 4.48. The maximum Gasteiger partial charge on any atom is 0.341 e. The summed E-state index contributed by atoms with van der Waals surface area (Å²) < 4.78 is 4.76. The minimum Gasteiger partial charge on any atom is -0.465 e. The van der Waals surface area contributed by atoms with Gasteiger partial charge in [-0.1, -0.05) is 6.07 Å². The van der Waals surface area contributed by atoms with E-state index in [4.69, 9.17) is 4.74 Å². The van der Waals surface area contributed by atoms with Gasteiger partial charge < -0.3 is 4.74 Å². The Morgan fingerprint density at radius 2 is 2.31 bits per heavy atom. The Morgan fingerprint density at radius 1 is 1.50 bits per heavy atom. The molecule has 0 amide bonds. The summed E-state index contributed by atoms with van der Waals surface area (Å²) in [6, 6.07) is 3.91. The predicted octanol–water partition coefficient (Wildman–Crippen LogP) is 3.60. The largest absolute Gasteiger partial charge is 0.465 e. The summed E-state index contributed by atoms with van der Waals surface area (Å²) in [7, 11) is 1.37. The Kier molecular flexibility index (Phi) is 3.17. The fourth-order valence-electron chi connectivity index (χ4n) is 1.38. The van der Waals surface area contributed by atoms with E-state index in [2.05, 4.69) is 11.7 Å². The molecule has 2 rings (SSSR count).